The van der Waals surface area contributed by atoms with E-state index in [1.165, 1.54) is 15.5 Å². The molecule has 2 aromatic heterocycles. The Morgan fingerprint density at radius 1 is 1.00 bits per heavy atom. The fourth-order valence-electron chi connectivity index (χ4n) is 2.46. The maximum absolute atomic E-state index is 12.3. The van der Waals surface area contributed by atoms with Crippen molar-refractivity contribution in [2.24, 2.45) is 0 Å². The highest BCUT2D eigenvalue weighted by molar-refractivity contribution is 6.03. The van der Waals surface area contributed by atoms with Crippen LogP contribution >= 0.6 is 0 Å². The number of nitrogens with one attached hydrogen (secondary N) is 1. The van der Waals surface area contributed by atoms with Gasteiger partial charge in [-0.15, -0.1) is 15.0 Å². The number of carbonyl (C=O) groups excluding carboxylic acids is 1. The van der Waals surface area contributed by atoms with Crippen molar-refractivity contribution in [3.05, 3.63) is 72.6 Å². The number of amides is 1. The lowest BCUT2D eigenvalue weighted by Gasteiger charge is -2.05. The van der Waals surface area contributed by atoms with Crippen LogP contribution in [0, 0.1) is 0 Å². The number of nitrogens with zero attached hydrogens (tertiary/aromatic N) is 6. The first-order valence-corrected chi connectivity index (χ1v) is 8.15. The van der Waals surface area contributed by atoms with E-state index in [9.17, 15) is 9.90 Å². The molecule has 0 saturated carbocycles. The van der Waals surface area contributed by atoms with Gasteiger partial charge in [0, 0.05) is 11.8 Å². The lowest BCUT2D eigenvalue weighted by Crippen LogP contribution is -2.15. The van der Waals surface area contributed by atoms with E-state index in [0.29, 0.717) is 11.5 Å². The lowest BCUT2D eigenvalue weighted by molar-refractivity contribution is 0.102. The molecule has 4 aromatic rings. The molecule has 2 aromatic carbocycles. The van der Waals surface area contributed by atoms with Crippen molar-refractivity contribution in [1.29, 1.82) is 0 Å². The average molecular weight is 361 g/mol. The second kappa shape index (κ2) is 7.08. The van der Waals surface area contributed by atoms with Crippen molar-refractivity contribution < 1.29 is 9.90 Å². The van der Waals surface area contributed by atoms with Gasteiger partial charge in [-0.1, -0.05) is 42.5 Å². The zero-order chi connectivity index (χ0) is 18.6. The third-order valence-corrected chi connectivity index (χ3v) is 3.78. The number of benzene rings is 2. The predicted octanol–water partition coefficient (Wildman–Crippen LogP) is 2.00. The van der Waals surface area contributed by atoms with E-state index in [2.05, 4.69) is 25.8 Å². The summed E-state index contributed by atoms with van der Waals surface area (Å²) < 4.78 is 1.52. The summed E-state index contributed by atoms with van der Waals surface area (Å²) in [6, 6.07) is 17.6. The second-order valence-electron chi connectivity index (χ2n) is 5.70. The molecule has 0 bridgehead atoms. The molecular weight excluding hydrogens is 346 g/mol. The zero-order valence-electron chi connectivity index (χ0n) is 14.1. The second-order valence-corrected chi connectivity index (χ2v) is 5.70. The van der Waals surface area contributed by atoms with Gasteiger partial charge < -0.3 is 10.4 Å². The van der Waals surface area contributed by atoms with E-state index in [1.54, 1.807) is 30.5 Å². The van der Waals surface area contributed by atoms with E-state index in [4.69, 9.17) is 0 Å². The molecule has 27 heavy (non-hydrogen) atoms. The van der Waals surface area contributed by atoms with Gasteiger partial charge in [-0.3, -0.25) is 4.79 Å². The topological polar surface area (TPSA) is 111 Å². The fraction of sp³-hybridized carbons (Fsp3) is 0.0556. The Morgan fingerprint density at radius 3 is 2.59 bits per heavy atom. The lowest BCUT2D eigenvalue weighted by atomic mass is 10.2. The predicted molar refractivity (Wildman–Crippen MR) is 96.9 cm³/mol. The summed E-state index contributed by atoms with van der Waals surface area (Å²) >= 11 is 0. The number of anilines is 1. The van der Waals surface area contributed by atoms with E-state index < -0.39 is 5.91 Å². The zero-order valence-corrected chi connectivity index (χ0v) is 14.1. The van der Waals surface area contributed by atoms with Gasteiger partial charge >= 0.3 is 0 Å². The van der Waals surface area contributed by atoms with Crippen LogP contribution < -0.4 is 5.32 Å². The van der Waals surface area contributed by atoms with Gasteiger partial charge in [0.05, 0.1) is 5.69 Å². The van der Waals surface area contributed by atoms with Crippen LogP contribution in [0.15, 0.2) is 66.9 Å². The van der Waals surface area contributed by atoms with Crippen LogP contribution in [0.25, 0.3) is 11.4 Å². The molecule has 0 aliphatic heterocycles. The van der Waals surface area contributed by atoms with Gasteiger partial charge in [0.25, 0.3) is 5.91 Å². The summed E-state index contributed by atoms with van der Waals surface area (Å²) in [6.45, 7) is 0.212. The molecule has 2 N–H and O–H groups in total. The number of aromatic nitrogens is 6. The molecule has 0 saturated heterocycles. The number of para-hydroxylation sites is 2. The first-order valence-electron chi connectivity index (χ1n) is 8.15. The quantitative estimate of drug-likeness (QED) is 0.526. The van der Waals surface area contributed by atoms with Crippen LogP contribution in [-0.2, 0) is 6.67 Å². The number of phenolic OH excluding ortho intramolecular Hbond substituents is 1. The molecule has 0 spiro atoms. The first-order chi connectivity index (χ1) is 13.2. The summed E-state index contributed by atoms with van der Waals surface area (Å²) in [5.74, 6) is 0.0811. The van der Waals surface area contributed by atoms with Crippen molar-refractivity contribution >= 4 is 11.6 Å². The van der Waals surface area contributed by atoms with Crippen LogP contribution in [-0.4, -0.2) is 41.0 Å². The van der Waals surface area contributed by atoms with E-state index in [0.717, 1.165) is 5.56 Å². The summed E-state index contributed by atoms with van der Waals surface area (Å²) in [4.78, 5) is 13.7. The molecule has 1 amide bonds. The molecule has 0 radical (unpaired) electrons. The molecular formula is C18H15N7O2. The highest BCUT2D eigenvalue weighted by Gasteiger charge is 2.12. The molecule has 0 atom stereocenters. The van der Waals surface area contributed by atoms with E-state index in [1.807, 2.05) is 30.3 Å². The fourth-order valence-corrected chi connectivity index (χ4v) is 2.46. The summed E-state index contributed by atoms with van der Waals surface area (Å²) in [6.07, 6.45) is 1.64. The smallest absolute Gasteiger partial charge is 0.276 e. The van der Waals surface area contributed by atoms with Crippen LogP contribution in [0.5, 0.6) is 5.75 Å². The summed E-state index contributed by atoms with van der Waals surface area (Å²) in [5.41, 5.74) is 1.40. The molecule has 0 aliphatic carbocycles. The van der Waals surface area contributed by atoms with Crippen LogP contribution in [0.4, 0.5) is 5.69 Å². The van der Waals surface area contributed by atoms with Gasteiger partial charge in [-0.25, -0.2) is 4.68 Å². The molecule has 4 rings (SSSR count). The van der Waals surface area contributed by atoms with Crippen molar-refractivity contribution in [1.82, 2.24) is 30.0 Å². The third kappa shape index (κ3) is 3.66. The normalized spacial score (nSPS) is 10.7. The number of aromatic hydroxyl groups is 1. The minimum Gasteiger partial charge on any atom is -0.506 e. The van der Waals surface area contributed by atoms with Crippen molar-refractivity contribution in [2.45, 2.75) is 6.67 Å². The van der Waals surface area contributed by atoms with Gasteiger partial charge in [0.2, 0.25) is 5.82 Å². The van der Waals surface area contributed by atoms with Crippen LogP contribution in [0.3, 0.4) is 0 Å². The maximum atomic E-state index is 12.3. The van der Waals surface area contributed by atoms with E-state index in [-0.39, 0.29) is 18.1 Å². The average Bonchev–Trinajstić information content (AvgIpc) is 3.34. The van der Waals surface area contributed by atoms with Crippen LogP contribution in [0.2, 0.25) is 0 Å². The Hall–Kier alpha value is -4.01. The minimum absolute atomic E-state index is 0.00876. The molecule has 0 unspecified atom stereocenters. The number of phenols is 1. The van der Waals surface area contributed by atoms with Gasteiger partial charge in [0.1, 0.15) is 5.75 Å². The molecule has 9 nitrogen and oxygen atoms in total. The highest BCUT2D eigenvalue weighted by Crippen LogP contribution is 2.21. The minimum atomic E-state index is -0.424. The Kier molecular flexibility index (Phi) is 4.32. The molecule has 0 fully saturated rings. The Balaban J connectivity index is 1.45. The summed E-state index contributed by atoms with van der Waals surface area (Å²) in [7, 11) is 0. The number of hydrogen-bond acceptors (Lipinski definition) is 6. The maximum Gasteiger partial charge on any atom is 0.276 e. The van der Waals surface area contributed by atoms with Gasteiger partial charge in [0.15, 0.2) is 12.4 Å². The van der Waals surface area contributed by atoms with Gasteiger partial charge in [-0.2, -0.15) is 5.10 Å². The molecule has 9 heteroatoms. The largest absolute Gasteiger partial charge is 0.506 e. The van der Waals surface area contributed by atoms with Crippen molar-refractivity contribution in [3.63, 3.8) is 0 Å². The number of tetrazole rings is 1. The first kappa shape index (κ1) is 16.5. The van der Waals surface area contributed by atoms with Gasteiger partial charge in [-0.05, 0) is 23.4 Å². The van der Waals surface area contributed by atoms with E-state index >= 15 is 0 Å². The number of hydrogen-bond donors (Lipinski definition) is 2. The molecule has 2 heterocycles. The Labute approximate surface area is 153 Å². The number of carbonyl (C=O) groups is 1. The molecule has 134 valence electrons. The monoisotopic (exact) mass is 361 g/mol. The Bertz CT molecular complexity index is 1070. The molecule has 0 aliphatic rings. The standard InChI is InChI=1S/C18H15N7O2/c26-16-9-5-4-8-14(16)19-18(27)15-10-11-24(21-15)12-25-22-17(20-23-25)13-6-2-1-3-7-13/h1-11,26H,12H2,(H,19,27). The van der Waals surface area contributed by atoms with Crippen molar-refractivity contribution in [3.8, 4) is 17.1 Å². The number of rotatable bonds is 5. The van der Waals surface area contributed by atoms with Crippen LogP contribution in [0.1, 0.15) is 10.5 Å². The van der Waals surface area contributed by atoms with Crippen molar-refractivity contribution in [2.75, 3.05) is 5.32 Å². The SMILES string of the molecule is O=C(Nc1ccccc1O)c1ccn(Cn2nnc(-c3ccccc3)n2)n1. The Morgan fingerprint density at radius 2 is 1.78 bits per heavy atom. The third-order valence-electron chi connectivity index (χ3n) is 3.78. The summed E-state index contributed by atoms with van der Waals surface area (Å²) in [5, 5.41) is 28.9. The highest BCUT2D eigenvalue weighted by atomic mass is 16.3.